The second kappa shape index (κ2) is 6.67. The fourth-order valence-electron chi connectivity index (χ4n) is 2.48. The van der Waals surface area contributed by atoms with Crippen molar-refractivity contribution >= 4 is 17.4 Å². The van der Waals surface area contributed by atoms with Crippen LogP contribution in [0.25, 0.3) is 0 Å². The van der Waals surface area contributed by atoms with Gasteiger partial charge in [-0.25, -0.2) is 0 Å². The number of halogens is 1. The molecule has 22 heavy (non-hydrogen) atoms. The fourth-order valence-corrected chi connectivity index (χ4v) is 2.71. The Kier molecular flexibility index (Phi) is 4.89. The number of nitriles is 1. The minimum atomic E-state index is -0.0896. The third-order valence-electron chi connectivity index (χ3n) is 3.61. The topological polar surface area (TPSA) is 55.0 Å². The first-order valence-electron chi connectivity index (χ1n) is 7.00. The smallest absolute Gasteiger partial charge is 0.202 e. The molecule has 0 saturated heterocycles. The summed E-state index contributed by atoms with van der Waals surface area (Å²) >= 11 is 6.03. The van der Waals surface area contributed by atoms with Crippen molar-refractivity contribution < 1.29 is 9.53 Å². The molecule has 4 nitrogen and oxygen atoms in total. The van der Waals surface area contributed by atoms with Crippen molar-refractivity contribution in [3.05, 3.63) is 51.8 Å². The number of ketones is 1. The number of aromatic nitrogens is 1. The van der Waals surface area contributed by atoms with Gasteiger partial charge in [0.05, 0.1) is 16.7 Å². The lowest BCUT2D eigenvalue weighted by molar-refractivity contribution is 0.0921. The van der Waals surface area contributed by atoms with Crippen molar-refractivity contribution in [3.8, 4) is 11.8 Å². The van der Waals surface area contributed by atoms with Gasteiger partial charge in [0.15, 0.2) is 6.61 Å². The molecule has 0 N–H and O–H groups in total. The van der Waals surface area contributed by atoms with Crippen LogP contribution >= 0.6 is 11.6 Å². The van der Waals surface area contributed by atoms with E-state index in [1.807, 2.05) is 32.9 Å². The van der Waals surface area contributed by atoms with Crippen LogP contribution in [-0.2, 0) is 6.54 Å². The van der Waals surface area contributed by atoms with Gasteiger partial charge in [-0.3, -0.25) is 4.79 Å². The molecule has 0 aliphatic carbocycles. The number of benzene rings is 1. The number of rotatable bonds is 5. The number of ether oxygens (including phenoxy) is 1. The molecule has 114 valence electrons. The van der Waals surface area contributed by atoms with Gasteiger partial charge in [0, 0.05) is 23.5 Å². The van der Waals surface area contributed by atoms with Crippen LogP contribution in [-0.4, -0.2) is 17.0 Å². The highest BCUT2D eigenvalue weighted by atomic mass is 35.5. The van der Waals surface area contributed by atoms with Crippen molar-refractivity contribution in [1.82, 2.24) is 4.57 Å². The van der Waals surface area contributed by atoms with Gasteiger partial charge >= 0.3 is 0 Å². The van der Waals surface area contributed by atoms with Crippen molar-refractivity contribution in [2.24, 2.45) is 0 Å². The van der Waals surface area contributed by atoms with Gasteiger partial charge in [-0.1, -0.05) is 11.6 Å². The molecular formula is C17H17ClN2O2. The van der Waals surface area contributed by atoms with E-state index in [1.165, 1.54) is 6.07 Å². The fraction of sp³-hybridized carbons (Fsp3) is 0.294. The Labute approximate surface area is 134 Å². The van der Waals surface area contributed by atoms with Gasteiger partial charge in [0.25, 0.3) is 0 Å². The second-order valence-corrected chi connectivity index (χ2v) is 5.41. The molecular weight excluding hydrogens is 300 g/mol. The van der Waals surface area contributed by atoms with Crippen LogP contribution in [0.15, 0.2) is 24.3 Å². The normalized spacial score (nSPS) is 10.3. The Morgan fingerprint density at radius 1 is 1.36 bits per heavy atom. The van der Waals surface area contributed by atoms with E-state index in [9.17, 15) is 4.79 Å². The lowest BCUT2D eigenvalue weighted by Crippen LogP contribution is -2.13. The molecule has 1 heterocycles. The van der Waals surface area contributed by atoms with E-state index in [0.29, 0.717) is 21.9 Å². The number of carbonyl (C=O) groups is 1. The van der Waals surface area contributed by atoms with Gasteiger partial charge in [0.1, 0.15) is 5.75 Å². The first-order chi connectivity index (χ1) is 10.5. The summed E-state index contributed by atoms with van der Waals surface area (Å²) in [7, 11) is 0. The lowest BCUT2D eigenvalue weighted by Gasteiger charge is -2.08. The second-order valence-electron chi connectivity index (χ2n) is 5.00. The minimum absolute atomic E-state index is 0.0837. The minimum Gasteiger partial charge on any atom is -0.484 e. The van der Waals surface area contributed by atoms with Crippen molar-refractivity contribution in [1.29, 1.82) is 5.26 Å². The Morgan fingerprint density at radius 2 is 2.09 bits per heavy atom. The maximum absolute atomic E-state index is 12.3. The molecule has 5 heteroatoms. The van der Waals surface area contributed by atoms with Gasteiger partial charge in [0.2, 0.25) is 5.78 Å². The highest BCUT2D eigenvalue weighted by Crippen LogP contribution is 2.25. The van der Waals surface area contributed by atoms with Crippen LogP contribution in [0.3, 0.4) is 0 Å². The molecule has 0 spiro atoms. The van der Waals surface area contributed by atoms with Crippen LogP contribution in [0.5, 0.6) is 5.75 Å². The maximum atomic E-state index is 12.3. The van der Waals surface area contributed by atoms with Crippen LogP contribution < -0.4 is 4.74 Å². The zero-order valence-corrected chi connectivity index (χ0v) is 13.6. The van der Waals surface area contributed by atoms with E-state index in [4.69, 9.17) is 21.6 Å². The first-order valence-corrected chi connectivity index (χ1v) is 7.38. The molecule has 0 aliphatic rings. The summed E-state index contributed by atoms with van der Waals surface area (Å²) in [5.41, 5.74) is 3.12. The SMILES string of the molecule is CCn1c(C)cc(C(=O)COc2ccc(C#N)cc2Cl)c1C. The van der Waals surface area contributed by atoms with Crippen molar-refractivity contribution in [3.63, 3.8) is 0 Å². The Morgan fingerprint density at radius 3 is 2.64 bits per heavy atom. The maximum Gasteiger partial charge on any atom is 0.202 e. The number of hydrogen-bond donors (Lipinski definition) is 0. The molecule has 0 saturated carbocycles. The third-order valence-corrected chi connectivity index (χ3v) is 3.91. The summed E-state index contributed by atoms with van der Waals surface area (Å²) in [5, 5.41) is 9.12. The van der Waals surface area contributed by atoms with Crippen molar-refractivity contribution in [2.75, 3.05) is 6.61 Å². The van der Waals surface area contributed by atoms with E-state index in [1.54, 1.807) is 12.1 Å². The number of aryl methyl sites for hydroxylation is 1. The Balaban J connectivity index is 2.12. The number of nitrogens with zero attached hydrogens (tertiary/aromatic N) is 2. The average molecular weight is 317 g/mol. The molecule has 1 aromatic heterocycles. The highest BCUT2D eigenvalue weighted by Gasteiger charge is 2.16. The molecule has 2 rings (SSSR count). The monoisotopic (exact) mass is 316 g/mol. The molecule has 0 amide bonds. The van der Waals surface area contributed by atoms with Gasteiger partial charge in [-0.2, -0.15) is 5.26 Å². The zero-order valence-electron chi connectivity index (χ0n) is 12.8. The van der Waals surface area contributed by atoms with Gasteiger partial charge in [-0.15, -0.1) is 0 Å². The van der Waals surface area contributed by atoms with Crippen LogP contribution in [0.1, 0.15) is 34.2 Å². The molecule has 0 aliphatic heterocycles. The third kappa shape index (κ3) is 3.15. The summed E-state index contributed by atoms with van der Waals surface area (Å²) in [6, 6.07) is 8.60. The van der Waals surface area contributed by atoms with Crippen LogP contribution in [0.4, 0.5) is 0 Å². The van der Waals surface area contributed by atoms with Gasteiger partial charge < -0.3 is 9.30 Å². The summed E-state index contributed by atoms with van der Waals surface area (Å²) in [6.07, 6.45) is 0. The summed E-state index contributed by atoms with van der Waals surface area (Å²) < 4.78 is 7.58. The predicted molar refractivity (Wildman–Crippen MR) is 85.6 cm³/mol. The molecule has 1 aromatic carbocycles. The van der Waals surface area contributed by atoms with E-state index in [-0.39, 0.29) is 12.4 Å². The number of carbonyl (C=O) groups excluding carboxylic acids is 1. The summed E-state index contributed by atoms with van der Waals surface area (Å²) in [5.74, 6) is 0.312. The van der Waals surface area contributed by atoms with E-state index in [0.717, 1.165) is 17.9 Å². The van der Waals surface area contributed by atoms with E-state index < -0.39 is 0 Å². The molecule has 0 bridgehead atoms. The molecule has 0 atom stereocenters. The Hall–Kier alpha value is -2.25. The average Bonchev–Trinajstić information content (AvgIpc) is 2.79. The first kappa shape index (κ1) is 16.1. The zero-order chi connectivity index (χ0) is 16.3. The number of Topliss-reactive ketones (excluding diaryl/α,β-unsaturated/α-hetero) is 1. The standard InChI is InChI=1S/C17H17ClN2O2/c1-4-20-11(2)7-14(12(20)3)16(21)10-22-17-6-5-13(9-19)8-15(17)18/h5-8H,4,10H2,1-3H3. The number of hydrogen-bond acceptors (Lipinski definition) is 3. The summed E-state index contributed by atoms with van der Waals surface area (Å²) in [6.45, 7) is 6.69. The Bertz CT molecular complexity index is 757. The molecule has 0 radical (unpaired) electrons. The quantitative estimate of drug-likeness (QED) is 0.786. The van der Waals surface area contributed by atoms with Crippen molar-refractivity contribution in [2.45, 2.75) is 27.3 Å². The highest BCUT2D eigenvalue weighted by molar-refractivity contribution is 6.32. The van der Waals surface area contributed by atoms with Gasteiger partial charge in [-0.05, 0) is 45.0 Å². The molecule has 0 unspecified atom stereocenters. The largest absolute Gasteiger partial charge is 0.484 e. The molecule has 0 fully saturated rings. The predicted octanol–water partition coefficient (Wildman–Crippen LogP) is 3.91. The lowest BCUT2D eigenvalue weighted by atomic mass is 10.1. The van der Waals surface area contributed by atoms with E-state index in [2.05, 4.69) is 4.57 Å². The summed E-state index contributed by atoms with van der Waals surface area (Å²) in [4.78, 5) is 12.3. The van der Waals surface area contributed by atoms with E-state index >= 15 is 0 Å². The van der Waals surface area contributed by atoms with Crippen LogP contribution in [0.2, 0.25) is 5.02 Å². The van der Waals surface area contributed by atoms with Crippen LogP contribution in [0, 0.1) is 25.2 Å². The molecule has 2 aromatic rings.